The maximum Gasteiger partial charge on any atom is 0.0335 e. The zero-order chi connectivity index (χ0) is 12.4. The molecule has 1 fully saturated rings. The summed E-state index contributed by atoms with van der Waals surface area (Å²) in [6.45, 7) is 2.23. The Bertz CT molecular complexity index is 413. The Morgan fingerprint density at radius 1 is 1.33 bits per heavy atom. The zero-order valence-corrected chi connectivity index (χ0v) is 11.6. The van der Waals surface area contributed by atoms with E-state index in [0.29, 0.717) is 5.92 Å². The standard InChI is InChI=1S/C15H22N2S/c16-15(13-3-1-7-17-10-13)12-5-6-14-11(9-12)4-2-8-18-14/h5-6,9,13,15,17H,1-4,7-8,10,16H2. The van der Waals surface area contributed by atoms with Crippen molar-refractivity contribution >= 4 is 11.8 Å². The van der Waals surface area contributed by atoms with E-state index in [0.717, 1.165) is 13.1 Å². The largest absolute Gasteiger partial charge is 0.324 e. The Morgan fingerprint density at radius 2 is 2.28 bits per heavy atom. The summed E-state index contributed by atoms with van der Waals surface area (Å²) < 4.78 is 0. The number of benzene rings is 1. The number of piperidine rings is 1. The zero-order valence-electron chi connectivity index (χ0n) is 10.8. The van der Waals surface area contributed by atoms with Crippen LogP contribution < -0.4 is 11.1 Å². The van der Waals surface area contributed by atoms with Crippen molar-refractivity contribution in [2.45, 2.75) is 36.6 Å². The number of rotatable bonds is 2. The van der Waals surface area contributed by atoms with Gasteiger partial charge in [-0.1, -0.05) is 12.1 Å². The van der Waals surface area contributed by atoms with Gasteiger partial charge in [0.2, 0.25) is 0 Å². The van der Waals surface area contributed by atoms with Gasteiger partial charge in [0.25, 0.3) is 0 Å². The average Bonchev–Trinajstić information content (AvgIpc) is 2.47. The number of aryl methyl sites for hydroxylation is 1. The predicted molar refractivity (Wildman–Crippen MR) is 78.0 cm³/mol. The van der Waals surface area contributed by atoms with Gasteiger partial charge >= 0.3 is 0 Å². The van der Waals surface area contributed by atoms with Crippen molar-refractivity contribution in [3.63, 3.8) is 0 Å². The fourth-order valence-electron chi connectivity index (χ4n) is 3.05. The van der Waals surface area contributed by atoms with Gasteiger partial charge < -0.3 is 11.1 Å². The summed E-state index contributed by atoms with van der Waals surface area (Å²) in [5.74, 6) is 1.87. The highest BCUT2D eigenvalue weighted by Crippen LogP contribution is 2.33. The molecule has 1 saturated heterocycles. The van der Waals surface area contributed by atoms with Crippen LogP contribution in [0.4, 0.5) is 0 Å². The summed E-state index contributed by atoms with van der Waals surface area (Å²) >= 11 is 1.99. The predicted octanol–water partition coefficient (Wildman–Crippen LogP) is 2.72. The molecule has 0 saturated carbocycles. The lowest BCUT2D eigenvalue weighted by Crippen LogP contribution is -2.36. The summed E-state index contributed by atoms with van der Waals surface area (Å²) in [5.41, 5.74) is 9.31. The van der Waals surface area contributed by atoms with Gasteiger partial charge in [-0.25, -0.2) is 0 Å². The van der Waals surface area contributed by atoms with Crippen LogP contribution in [0.2, 0.25) is 0 Å². The van der Waals surface area contributed by atoms with E-state index in [4.69, 9.17) is 5.73 Å². The van der Waals surface area contributed by atoms with Crippen LogP contribution in [0.1, 0.15) is 36.4 Å². The van der Waals surface area contributed by atoms with E-state index in [-0.39, 0.29) is 6.04 Å². The lowest BCUT2D eigenvalue weighted by molar-refractivity contribution is 0.326. The Labute approximate surface area is 114 Å². The maximum atomic E-state index is 6.46. The van der Waals surface area contributed by atoms with Crippen LogP contribution in [-0.2, 0) is 6.42 Å². The quantitative estimate of drug-likeness (QED) is 0.860. The van der Waals surface area contributed by atoms with Crippen LogP contribution in [0.3, 0.4) is 0 Å². The molecule has 2 nitrogen and oxygen atoms in total. The van der Waals surface area contributed by atoms with Crippen molar-refractivity contribution < 1.29 is 0 Å². The van der Waals surface area contributed by atoms with E-state index in [2.05, 4.69) is 23.5 Å². The van der Waals surface area contributed by atoms with Crippen molar-refractivity contribution in [1.82, 2.24) is 5.32 Å². The third-order valence-corrected chi connectivity index (χ3v) is 5.36. The fraction of sp³-hybridized carbons (Fsp3) is 0.600. The molecule has 3 rings (SSSR count). The number of nitrogens with one attached hydrogen (secondary N) is 1. The van der Waals surface area contributed by atoms with Gasteiger partial charge in [0.05, 0.1) is 0 Å². The molecule has 1 aromatic carbocycles. The molecule has 0 bridgehead atoms. The maximum absolute atomic E-state index is 6.46. The topological polar surface area (TPSA) is 38.0 Å². The summed E-state index contributed by atoms with van der Waals surface area (Å²) in [4.78, 5) is 1.47. The van der Waals surface area contributed by atoms with Crippen molar-refractivity contribution in [3.05, 3.63) is 29.3 Å². The van der Waals surface area contributed by atoms with Gasteiger partial charge in [-0.05, 0) is 67.6 Å². The third kappa shape index (κ3) is 2.58. The molecular formula is C15H22N2S. The van der Waals surface area contributed by atoms with E-state index in [1.165, 1.54) is 47.5 Å². The minimum Gasteiger partial charge on any atom is -0.324 e. The fourth-order valence-corrected chi connectivity index (χ4v) is 4.06. The van der Waals surface area contributed by atoms with Crippen LogP contribution in [0, 0.1) is 5.92 Å². The Balaban J connectivity index is 1.78. The second kappa shape index (κ2) is 5.64. The molecule has 98 valence electrons. The molecule has 0 amide bonds. The second-order valence-corrected chi connectivity index (χ2v) is 6.59. The van der Waals surface area contributed by atoms with Crippen LogP contribution in [0.25, 0.3) is 0 Å². The average molecular weight is 262 g/mol. The molecule has 2 aliphatic heterocycles. The number of hydrogen-bond acceptors (Lipinski definition) is 3. The molecule has 0 spiro atoms. The van der Waals surface area contributed by atoms with E-state index < -0.39 is 0 Å². The first-order valence-electron chi connectivity index (χ1n) is 7.06. The van der Waals surface area contributed by atoms with Crippen LogP contribution in [0.5, 0.6) is 0 Å². The SMILES string of the molecule is NC(c1ccc2c(c1)CCCS2)C1CCCNC1. The van der Waals surface area contributed by atoms with Gasteiger partial charge in [0.15, 0.2) is 0 Å². The van der Waals surface area contributed by atoms with E-state index in [1.807, 2.05) is 11.8 Å². The second-order valence-electron chi connectivity index (χ2n) is 5.45. The molecule has 1 aromatic rings. The van der Waals surface area contributed by atoms with Crippen LogP contribution >= 0.6 is 11.8 Å². The van der Waals surface area contributed by atoms with Gasteiger partial charge in [-0.15, -0.1) is 11.8 Å². The lowest BCUT2D eigenvalue weighted by atomic mass is 9.87. The van der Waals surface area contributed by atoms with Gasteiger partial charge in [0.1, 0.15) is 0 Å². The van der Waals surface area contributed by atoms with Gasteiger partial charge in [-0.2, -0.15) is 0 Å². The van der Waals surface area contributed by atoms with Crippen molar-refractivity contribution in [3.8, 4) is 0 Å². The van der Waals surface area contributed by atoms with Crippen LogP contribution in [-0.4, -0.2) is 18.8 Å². The molecule has 0 aromatic heterocycles. The van der Waals surface area contributed by atoms with Crippen molar-refractivity contribution in [2.75, 3.05) is 18.8 Å². The summed E-state index contributed by atoms with van der Waals surface area (Å²) in [7, 11) is 0. The van der Waals surface area contributed by atoms with Crippen molar-refractivity contribution in [2.24, 2.45) is 11.7 Å². The first kappa shape index (κ1) is 12.5. The van der Waals surface area contributed by atoms with Gasteiger partial charge in [0, 0.05) is 10.9 Å². The molecule has 0 radical (unpaired) electrons. The normalized spacial score (nSPS) is 25.5. The lowest BCUT2D eigenvalue weighted by Gasteiger charge is -2.29. The monoisotopic (exact) mass is 262 g/mol. The number of thioether (sulfide) groups is 1. The minimum absolute atomic E-state index is 0.204. The van der Waals surface area contributed by atoms with Crippen LogP contribution in [0.15, 0.2) is 23.1 Å². The molecule has 2 atom stereocenters. The highest BCUT2D eigenvalue weighted by molar-refractivity contribution is 7.99. The Hall–Kier alpha value is -0.510. The highest BCUT2D eigenvalue weighted by atomic mass is 32.2. The number of fused-ring (bicyclic) bond motifs is 1. The first-order chi connectivity index (χ1) is 8.84. The summed E-state index contributed by atoms with van der Waals surface area (Å²) in [5, 5.41) is 3.46. The third-order valence-electron chi connectivity index (χ3n) is 4.16. The summed E-state index contributed by atoms with van der Waals surface area (Å²) in [6.07, 6.45) is 5.06. The molecule has 2 aliphatic rings. The number of hydrogen-bond donors (Lipinski definition) is 2. The Morgan fingerprint density at radius 3 is 3.11 bits per heavy atom. The minimum atomic E-state index is 0.204. The van der Waals surface area contributed by atoms with E-state index in [1.54, 1.807) is 0 Å². The molecule has 3 heteroatoms. The van der Waals surface area contributed by atoms with E-state index >= 15 is 0 Å². The molecule has 18 heavy (non-hydrogen) atoms. The number of nitrogens with two attached hydrogens (primary N) is 1. The van der Waals surface area contributed by atoms with Crippen molar-refractivity contribution in [1.29, 1.82) is 0 Å². The molecule has 2 unspecified atom stereocenters. The first-order valence-corrected chi connectivity index (χ1v) is 8.05. The molecular weight excluding hydrogens is 240 g/mol. The molecule has 0 aliphatic carbocycles. The van der Waals surface area contributed by atoms with E-state index in [9.17, 15) is 0 Å². The highest BCUT2D eigenvalue weighted by Gasteiger charge is 2.22. The molecule has 3 N–H and O–H groups in total. The molecule has 2 heterocycles. The van der Waals surface area contributed by atoms with Gasteiger partial charge in [-0.3, -0.25) is 0 Å². The Kier molecular flexibility index (Phi) is 3.92. The summed E-state index contributed by atoms with van der Waals surface area (Å²) in [6, 6.07) is 7.09. The smallest absolute Gasteiger partial charge is 0.0335 e.